The maximum absolute atomic E-state index is 16.2. The number of hydrogen-bond donors (Lipinski definition) is 2. The van der Waals surface area contributed by atoms with Gasteiger partial charge < -0.3 is 10.1 Å². The Balaban J connectivity index is 1.66. The van der Waals surface area contributed by atoms with E-state index in [1.807, 2.05) is 44.6 Å². The van der Waals surface area contributed by atoms with Crippen LogP contribution in [0.4, 0.5) is 15.9 Å². The van der Waals surface area contributed by atoms with Crippen LogP contribution in [0.25, 0.3) is 22.4 Å². The first-order valence-corrected chi connectivity index (χ1v) is 14.8. The third-order valence-corrected chi connectivity index (χ3v) is 7.77. The number of esters is 1. The molecule has 0 atom stereocenters. The zero-order chi connectivity index (χ0) is 33.2. The number of ether oxygens (including phenoxy) is 1. The molecule has 1 aliphatic heterocycles. The van der Waals surface area contributed by atoms with Crippen LogP contribution in [0.3, 0.4) is 0 Å². The van der Waals surface area contributed by atoms with E-state index < -0.39 is 11.8 Å². The Morgan fingerprint density at radius 3 is 2.59 bits per heavy atom. The molecule has 13 heteroatoms. The maximum atomic E-state index is 16.2. The zero-order valence-corrected chi connectivity index (χ0v) is 26.7. The van der Waals surface area contributed by atoms with Crippen LogP contribution in [-0.2, 0) is 46.5 Å². The summed E-state index contributed by atoms with van der Waals surface area (Å²) in [5.41, 5.74) is 5.91. The second kappa shape index (κ2) is 13.1. The summed E-state index contributed by atoms with van der Waals surface area (Å²) in [5.74, 6) is -0.514. The van der Waals surface area contributed by atoms with Crippen molar-refractivity contribution in [2.45, 2.75) is 52.8 Å². The summed E-state index contributed by atoms with van der Waals surface area (Å²) >= 11 is 0. The standard InChI is InChI=1S/C33H37FN8O4/c1-20(44)46-18-26-24(8-7-9-25(26)31-21(16-35-36-19-43)12-22(13-27(31)34)33(2,3)4)28-15-29(32(45)41(6)38-28)37-30-14-23-17-40(5)10-11-42(23)39-30/h7-9,12-16,19H,10-11,17-18H2,1-6H3,(H,36,43)(H,37,39)/b35-16-. The van der Waals surface area contributed by atoms with E-state index in [9.17, 15) is 14.4 Å². The molecule has 0 bridgehead atoms. The van der Waals surface area contributed by atoms with Crippen molar-refractivity contribution in [3.8, 4) is 22.4 Å². The average molecular weight is 629 g/mol. The molecule has 0 saturated carbocycles. The molecule has 5 rings (SSSR count). The number of amides is 1. The van der Waals surface area contributed by atoms with Crippen molar-refractivity contribution in [2.75, 3.05) is 18.9 Å². The van der Waals surface area contributed by atoms with Crippen molar-refractivity contribution in [2.24, 2.45) is 12.1 Å². The van der Waals surface area contributed by atoms with E-state index in [2.05, 4.69) is 30.9 Å². The van der Waals surface area contributed by atoms with E-state index >= 15 is 4.39 Å². The summed E-state index contributed by atoms with van der Waals surface area (Å²) < 4.78 is 24.7. The molecule has 0 aliphatic carbocycles. The lowest BCUT2D eigenvalue weighted by atomic mass is 9.83. The van der Waals surface area contributed by atoms with Gasteiger partial charge in [0.2, 0.25) is 6.41 Å². The number of hydrogen-bond acceptors (Lipinski definition) is 9. The number of likely N-dealkylation sites (N-methyl/N-ethyl adjacent to an activating group) is 1. The van der Waals surface area contributed by atoms with E-state index in [-0.39, 0.29) is 28.8 Å². The van der Waals surface area contributed by atoms with Crippen LogP contribution < -0.4 is 16.3 Å². The van der Waals surface area contributed by atoms with Crippen LogP contribution in [0.2, 0.25) is 0 Å². The monoisotopic (exact) mass is 628 g/mol. The molecule has 0 spiro atoms. The maximum Gasteiger partial charge on any atom is 0.302 e. The summed E-state index contributed by atoms with van der Waals surface area (Å²) in [6, 6.07) is 12.0. The predicted octanol–water partition coefficient (Wildman–Crippen LogP) is 4.08. The van der Waals surface area contributed by atoms with Crippen molar-refractivity contribution in [3.63, 3.8) is 0 Å². The molecule has 0 fully saturated rings. The number of anilines is 2. The Hall–Kier alpha value is -5.17. The average Bonchev–Trinajstić information content (AvgIpc) is 3.39. The zero-order valence-electron chi connectivity index (χ0n) is 26.7. The van der Waals surface area contributed by atoms with Crippen LogP contribution in [0.1, 0.15) is 50.1 Å². The molecule has 12 nitrogen and oxygen atoms in total. The minimum Gasteiger partial charge on any atom is -0.461 e. The number of halogens is 1. The number of carbonyl (C=O) groups excluding carboxylic acids is 2. The number of aryl methyl sites for hydroxylation is 1. The first kappa shape index (κ1) is 32.2. The van der Waals surface area contributed by atoms with Crippen molar-refractivity contribution in [3.05, 3.63) is 81.0 Å². The van der Waals surface area contributed by atoms with Gasteiger partial charge in [-0.25, -0.2) is 14.5 Å². The van der Waals surface area contributed by atoms with Gasteiger partial charge in [0.1, 0.15) is 18.1 Å². The predicted molar refractivity (Wildman–Crippen MR) is 173 cm³/mol. The highest BCUT2D eigenvalue weighted by atomic mass is 19.1. The Morgan fingerprint density at radius 1 is 1.11 bits per heavy atom. The number of nitrogens with one attached hydrogen (secondary N) is 2. The molecule has 0 unspecified atom stereocenters. The molecule has 1 aliphatic rings. The lowest BCUT2D eigenvalue weighted by Gasteiger charge is -2.23. The number of fused-ring (bicyclic) bond motifs is 1. The quantitative estimate of drug-likeness (QED) is 0.123. The molecule has 0 saturated heterocycles. The van der Waals surface area contributed by atoms with Gasteiger partial charge in [-0.05, 0) is 41.8 Å². The lowest BCUT2D eigenvalue weighted by molar-refractivity contribution is -0.142. The van der Waals surface area contributed by atoms with Crippen LogP contribution in [-0.4, -0.2) is 56.6 Å². The topological polar surface area (TPSA) is 136 Å². The third kappa shape index (κ3) is 6.89. The first-order chi connectivity index (χ1) is 21.8. The summed E-state index contributed by atoms with van der Waals surface area (Å²) in [4.78, 5) is 38.3. The second-order valence-electron chi connectivity index (χ2n) is 12.3. The largest absolute Gasteiger partial charge is 0.461 e. The van der Waals surface area contributed by atoms with Gasteiger partial charge in [-0.2, -0.15) is 15.3 Å². The van der Waals surface area contributed by atoms with Gasteiger partial charge >= 0.3 is 5.97 Å². The molecule has 0 radical (unpaired) electrons. The summed E-state index contributed by atoms with van der Waals surface area (Å²) in [6.45, 7) is 9.35. The third-order valence-electron chi connectivity index (χ3n) is 7.77. The van der Waals surface area contributed by atoms with E-state index in [4.69, 9.17) is 4.74 Å². The minimum atomic E-state index is -0.522. The highest BCUT2D eigenvalue weighted by Crippen LogP contribution is 2.38. The number of carbonyl (C=O) groups is 2. The molecular formula is C33H37FN8O4. The number of nitrogens with zero attached hydrogens (tertiary/aromatic N) is 6. The van der Waals surface area contributed by atoms with Gasteiger partial charge in [0.05, 0.1) is 24.1 Å². The van der Waals surface area contributed by atoms with Crippen LogP contribution >= 0.6 is 0 Å². The van der Waals surface area contributed by atoms with Crippen LogP contribution in [0.15, 0.2) is 52.4 Å². The highest BCUT2D eigenvalue weighted by molar-refractivity contribution is 5.93. The molecule has 1 amide bonds. The smallest absolute Gasteiger partial charge is 0.302 e. The summed E-state index contributed by atoms with van der Waals surface area (Å²) in [7, 11) is 3.58. The van der Waals surface area contributed by atoms with E-state index in [1.165, 1.54) is 23.9 Å². The molecule has 240 valence electrons. The van der Waals surface area contributed by atoms with Crippen molar-refractivity contribution in [1.29, 1.82) is 0 Å². The van der Waals surface area contributed by atoms with Crippen molar-refractivity contribution < 1.29 is 18.7 Å². The van der Waals surface area contributed by atoms with Gasteiger partial charge in [-0.15, -0.1) is 0 Å². The van der Waals surface area contributed by atoms with Crippen molar-refractivity contribution in [1.82, 2.24) is 29.9 Å². The van der Waals surface area contributed by atoms with Gasteiger partial charge in [0, 0.05) is 55.4 Å². The van der Waals surface area contributed by atoms with Crippen molar-refractivity contribution >= 4 is 30.1 Å². The van der Waals surface area contributed by atoms with Gasteiger partial charge in [0.25, 0.3) is 5.56 Å². The van der Waals surface area contributed by atoms with E-state index in [0.717, 1.165) is 30.9 Å². The molecule has 46 heavy (non-hydrogen) atoms. The fourth-order valence-corrected chi connectivity index (χ4v) is 5.40. The van der Waals surface area contributed by atoms with Gasteiger partial charge in [-0.1, -0.05) is 39.0 Å². The Bertz CT molecular complexity index is 1890. The SMILES string of the molecule is CC(=O)OCc1c(-c2cc(Nc3cc4n(n3)CCN(C)C4)c(=O)n(C)n2)cccc1-c1c(F)cc(C(C)(C)C)cc1/C=N\NC=O. The molecule has 3 heterocycles. The second-order valence-corrected chi connectivity index (χ2v) is 12.3. The number of hydrazone groups is 1. The molecular weight excluding hydrogens is 591 g/mol. The number of rotatable bonds is 9. The summed E-state index contributed by atoms with van der Waals surface area (Å²) in [5, 5.41) is 16.2. The van der Waals surface area contributed by atoms with Gasteiger partial charge in [0.15, 0.2) is 5.82 Å². The normalized spacial score (nSPS) is 13.5. The van der Waals surface area contributed by atoms with Gasteiger partial charge in [-0.3, -0.25) is 24.0 Å². The van der Waals surface area contributed by atoms with Crippen LogP contribution in [0, 0.1) is 5.82 Å². The Labute approximate surface area is 265 Å². The molecule has 4 aromatic rings. The fourth-order valence-electron chi connectivity index (χ4n) is 5.40. The van der Waals surface area contributed by atoms with E-state index in [0.29, 0.717) is 40.2 Å². The lowest BCUT2D eigenvalue weighted by Crippen LogP contribution is -2.30. The molecule has 2 aromatic heterocycles. The highest BCUT2D eigenvalue weighted by Gasteiger charge is 2.24. The fraction of sp³-hybridized carbons (Fsp3) is 0.333. The Morgan fingerprint density at radius 2 is 1.87 bits per heavy atom. The number of benzene rings is 2. The summed E-state index contributed by atoms with van der Waals surface area (Å²) in [6.07, 6.45) is 1.79. The first-order valence-electron chi connectivity index (χ1n) is 14.8. The van der Waals surface area contributed by atoms with Crippen LogP contribution in [0.5, 0.6) is 0 Å². The minimum absolute atomic E-state index is 0.195. The number of aromatic nitrogens is 4. The molecule has 2 N–H and O–H groups in total. The van der Waals surface area contributed by atoms with E-state index in [1.54, 1.807) is 31.3 Å². The Kier molecular flexibility index (Phi) is 9.15. The molecule has 2 aromatic carbocycles.